The van der Waals surface area contributed by atoms with E-state index in [1.807, 2.05) is 0 Å². The molecule has 1 aromatic carbocycles. The van der Waals surface area contributed by atoms with Crippen molar-refractivity contribution in [2.24, 2.45) is 0 Å². The number of nitrogens with zero attached hydrogens (tertiary/aromatic N) is 2. The molecular weight excluding hydrogens is 322 g/mol. The average Bonchev–Trinajstić information content (AvgIpc) is 3.08. The van der Waals surface area contributed by atoms with Crippen LogP contribution in [0.5, 0.6) is 11.5 Å². The number of ether oxygens (including phenoxy) is 2. The van der Waals surface area contributed by atoms with Crippen molar-refractivity contribution in [3.05, 3.63) is 51.4 Å². The van der Waals surface area contributed by atoms with Gasteiger partial charge in [-0.15, -0.1) is 0 Å². The van der Waals surface area contributed by atoms with Crippen molar-refractivity contribution in [1.82, 2.24) is 15.1 Å². The summed E-state index contributed by atoms with van der Waals surface area (Å²) in [4.78, 5) is 24.3. The van der Waals surface area contributed by atoms with Crippen LogP contribution in [0.15, 0.2) is 29.1 Å². The molecule has 2 aromatic rings. The number of aryl methyl sites for hydroxylation is 2. The molecule has 1 amide bonds. The van der Waals surface area contributed by atoms with Crippen LogP contribution >= 0.6 is 0 Å². The molecule has 0 atom stereocenters. The predicted molar refractivity (Wildman–Crippen MR) is 92.4 cm³/mol. The van der Waals surface area contributed by atoms with Crippen molar-refractivity contribution in [1.29, 1.82) is 0 Å². The van der Waals surface area contributed by atoms with Gasteiger partial charge >= 0.3 is 0 Å². The van der Waals surface area contributed by atoms with Crippen molar-refractivity contribution in [2.75, 3.05) is 20.8 Å². The van der Waals surface area contributed by atoms with E-state index in [-0.39, 0.29) is 11.5 Å². The van der Waals surface area contributed by atoms with E-state index in [4.69, 9.17) is 9.47 Å². The lowest BCUT2D eigenvalue weighted by Crippen LogP contribution is -2.32. The molecule has 132 valence electrons. The average molecular weight is 343 g/mol. The van der Waals surface area contributed by atoms with E-state index in [1.54, 1.807) is 31.4 Å². The summed E-state index contributed by atoms with van der Waals surface area (Å²) in [7, 11) is 3.06. The Kier molecular flexibility index (Phi) is 5.02. The molecule has 1 aliphatic rings. The second-order valence-electron chi connectivity index (χ2n) is 5.86. The highest BCUT2D eigenvalue weighted by atomic mass is 16.5. The summed E-state index contributed by atoms with van der Waals surface area (Å²) in [6.45, 7) is 0.657. The van der Waals surface area contributed by atoms with Gasteiger partial charge in [0.15, 0.2) is 11.5 Å². The molecule has 0 unspecified atom stereocenters. The minimum absolute atomic E-state index is 0.124. The van der Waals surface area contributed by atoms with Gasteiger partial charge in [-0.1, -0.05) is 0 Å². The van der Waals surface area contributed by atoms with Gasteiger partial charge in [0.25, 0.3) is 11.5 Å². The zero-order valence-electron chi connectivity index (χ0n) is 14.4. The third-order valence-electron chi connectivity index (χ3n) is 4.28. The van der Waals surface area contributed by atoms with Gasteiger partial charge in [0.05, 0.1) is 26.5 Å². The summed E-state index contributed by atoms with van der Waals surface area (Å²) < 4.78 is 11.8. The lowest BCUT2D eigenvalue weighted by atomic mass is 10.2. The number of nitrogens with one attached hydrogen (secondary N) is 1. The van der Waals surface area contributed by atoms with Crippen molar-refractivity contribution in [3.63, 3.8) is 0 Å². The number of fused-ring (bicyclic) bond motifs is 1. The zero-order valence-corrected chi connectivity index (χ0v) is 14.4. The summed E-state index contributed by atoms with van der Waals surface area (Å²) in [5, 5.41) is 7.18. The Morgan fingerprint density at radius 1 is 1.20 bits per heavy atom. The van der Waals surface area contributed by atoms with Crippen LogP contribution in [0.25, 0.3) is 0 Å². The molecule has 0 aliphatic heterocycles. The number of rotatable bonds is 6. The smallest absolute Gasteiger partial charge is 0.267 e. The number of carbonyl (C=O) groups excluding carboxylic acids is 1. The van der Waals surface area contributed by atoms with Crippen molar-refractivity contribution >= 4 is 5.91 Å². The highest BCUT2D eigenvalue weighted by molar-refractivity contribution is 5.94. The molecule has 7 heteroatoms. The number of hydrogen-bond acceptors (Lipinski definition) is 5. The van der Waals surface area contributed by atoms with Gasteiger partial charge < -0.3 is 14.8 Å². The van der Waals surface area contributed by atoms with Crippen molar-refractivity contribution in [2.45, 2.75) is 25.8 Å². The number of hydrogen-bond donors (Lipinski definition) is 1. The molecule has 1 aliphatic carbocycles. The molecule has 0 bridgehead atoms. The Morgan fingerprint density at radius 3 is 2.76 bits per heavy atom. The maximum absolute atomic E-state index is 12.3. The molecule has 0 radical (unpaired) electrons. The van der Waals surface area contributed by atoms with Crippen LogP contribution in [-0.4, -0.2) is 36.5 Å². The van der Waals surface area contributed by atoms with Crippen molar-refractivity contribution in [3.8, 4) is 11.5 Å². The van der Waals surface area contributed by atoms with Crippen LogP contribution < -0.4 is 20.3 Å². The topological polar surface area (TPSA) is 82.5 Å². The van der Waals surface area contributed by atoms with E-state index in [0.29, 0.717) is 30.2 Å². The van der Waals surface area contributed by atoms with E-state index >= 15 is 0 Å². The van der Waals surface area contributed by atoms with E-state index in [9.17, 15) is 9.59 Å². The number of aromatic nitrogens is 2. The van der Waals surface area contributed by atoms with Gasteiger partial charge in [-0.2, -0.15) is 5.10 Å². The van der Waals surface area contributed by atoms with Gasteiger partial charge in [-0.3, -0.25) is 9.59 Å². The van der Waals surface area contributed by atoms with E-state index in [1.165, 1.54) is 11.8 Å². The van der Waals surface area contributed by atoms with Gasteiger partial charge in [-0.25, -0.2) is 4.68 Å². The van der Waals surface area contributed by atoms with Gasteiger partial charge in [0, 0.05) is 18.2 Å². The summed E-state index contributed by atoms with van der Waals surface area (Å²) in [5.74, 6) is 0.815. The molecule has 7 nitrogen and oxygen atoms in total. The normalized spacial score (nSPS) is 12.6. The fourth-order valence-corrected chi connectivity index (χ4v) is 2.95. The van der Waals surface area contributed by atoms with Crippen LogP contribution in [0.1, 0.15) is 28.0 Å². The molecule has 1 N–H and O–H groups in total. The minimum atomic E-state index is -0.241. The second-order valence-corrected chi connectivity index (χ2v) is 5.86. The predicted octanol–water partition coefficient (Wildman–Crippen LogP) is 1.18. The van der Waals surface area contributed by atoms with Gasteiger partial charge in [0.2, 0.25) is 0 Å². The first kappa shape index (κ1) is 17.0. The summed E-state index contributed by atoms with van der Waals surface area (Å²) >= 11 is 0. The molecule has 1 heterocycles. The van der Waals surface area contributed by atoms with Crippen LogP contribution in [0.2, 0.25) is 0 Å². The molecular formula is C18H21N3O4. The largest absolute Gasteiger partial charge is 0.493 e. The Balaban J connectivity index is 1.62. The summed E-state index contributed by atoms with van der Waals surface area (Å²) in [5.41, 5.74) is 2.38. The molecule has 0 fully saturated rings. The number of amides is 1. The molecule has 25 heavy (non-hydrogen) atoms. The third kappa shape index (κ3) is 3.65. The van der Waals surface area contributed by atoms with Gasteiger partial charge in [0.1, 0.15) is 0 Å². The van der Waals surface area contributed by atoms with Crippen LogP contribution in [0.4, 0.5) is 0 Å². The van der Waals surface area contributed by atoms with E-state index in [2.05, 4.69) is 10.4 Å². The number of benzene rings is 1. The van der Waals surface area contributed by atoms with Gasteiger partial charge in [-0.05, 0) is 43.0 Å². The first-order valence-electron chi connectivity index (χ1n) is 8.22. The second kappa shape index (κ2) is 7.38. The maximum Gasteiger partial charge on any atom is 0.267 e. The van der Waals surface area contributed by atoms with Crippen LogP contribution in [0, 0.1) is 0 Å². The highest BCUT2D eigenvalue weighted by Gasteiger charge is 2.15. The first-order valence-corrected chi connectivity index (χ1v) is 8.22. The Morgan fingerprint density at radius 2 is 2.00 bits per heavy atom. The third-order valence-corrected chi connectivity index (χ3v) is 4.28. The SMILES string of the molecule is COc1ccc(C(=O)NCCn2nc3c(cc2=O)CCC3)cc1OC. The monoisotopic (exact) mass is 343 g/mol. The zero-order chi connectivity index (χ0) is 17.8. The summed E-state index contributed by atoms with van der Waals surface area (Å²) in [6.07, 6.45) is 2.88. The first-order chi connectivity index (χ1) is 12.1. The molecule has 0 saturated heterocycles. The van der Waals surface area contributed by atoms with E-state index in [0.717, 1.165) is 30.5 Å². The lowest BCUT2D eigenvalue weighted by molar-refractivity contribution is 0.0951. The van der Waals surface area contributed by atoms with Crippen LogP contribution in [0.3, 0.4) is 0 Å². The number of carbonyl (C=O) groups is 1. The minimum Gasteiger partial charge on any atom is -0.493 e. The number of methoxy groups -OCH3 is 2. The lowest BCUT2D eigenvalue weighted by Gasteiger charge is -2.11. The van der Waals surface area contributed by atoms with E-state index < -0.39 is 0 Å². The van der Waals surface area contributed by atoms with Crippen molar-refractivity contribution < 1.29 is 14.3 Å². The fourth-order valence-electron chi connectivity index (χ4n) is 2.95. The molecule has 0 spiro atoms. The molecule has 3 rings (SSSR count). The Labute approximate surface area is 145 Å². The fraction of sp³-hybridized carbons (Fsp3) is 0.389. The standard InChI is InChI=1S/C18H21N3O4/c1-24-15-7-6-13(10-16(15)25-2)18(23)19-8-9-21-17(22)11-12-4-3-5-14(12)20-21/h6-7,10-11H,3-5,8-9H2,1-2H3,(H,19,23). The summed E-state index contributed by atoms with van der Waals surface area (Å²) in [6, 6.07) is 6.62. The Bertz CT molecular complexity index is 845. The highest BCUT2D eigenvalue weighted by Crippen LogP contribution is 2.27. The molecule has 1 aromatic heterocycles. The Hall–Kier alpha value is -2.83. The molecule has 0 saturated carbocycles. The maximum atomic E-state index is 12.3. The van der Waals surface area contributed by atoms with Crippen LogP contribution in [-0.2, 0) is 19.4 Å². The quantitative estimate of drug-likeness (QED) is 0.852.